The highest BCUT2D eigenvalue weighted by atomic mass is 16.5. The minimum absolute atomic E-state index is 0.301. The molecule has 18 heavy (non-hydrogen) atoms. The van der Waals surface area contributed by atoms with Gasteiger partial charge < -0.3 is 14.6 Å². The van der Waals surface area contributed by atoms with Crippen LogP contribution < -0.4 is 10.1 Å². The fourth-order valence-electron chi connectivity index (χ4n) is 1.54. The monoisotopic (exact) mass is 247 g/mol. The molecule has 0 aliphatic carbocycles. The number of nitrogens with zero attached hydrogens (tertiary/aromatic N) is 2. The van der Waals surface area contributed by atoms with Gasteiger partial charge in [-0.3, -0.25) is 0 Å². The van der Waals surface area contributed by atoms with Crippen molar-refractivity contribution in [1.29, 1.82) is 0 Å². The van der Waals surface area contributed by atoms with Crippen molar-refractivity contribution in [2.24, 2.45) is 0 Å². The van der Waals surface area contributed by atoms with Crippen LogP contribution in [-0.2, 0) is 13.0 Å². The molecule has 5 nitrogen and oxygen atoms in total. The van der Waals surface area contributed by atoms with Gasteiger partial charge in [0, 0.05) is 19.2 Å². The van der Waals surface area contributed by atoms with Crippen LogP contribution in [0.15, 0.2) is 28.8 Å². The van der Waals surface area contributed by atoms with E-state index < -0.39 is 0 Å². The largest absolute Gasteiger partial charge is 0.484 e. The van der Waals surface area contributed by atoms with Crippen molar-refractivity contribution in [2.75, 3.05) is 12.4 Å². The Hall–Kier alpha value is -2.04. The minimum Gasteiger partial charge on any atom is -0.484 e. The summed E-state index contributed by atoms with van der Waals surface area (Å²) in [6.45, 7) is 2.38. The number of anilines is 1. The van der Waals surface area contributed by atoms with Crippen LogP contribution in [0, 0.1) is 0 Å². The second-order valence-corrected chi connectivity index (χ2v) is 3.92. The normalized spacial score (nSPS) is 10.3. The fourth-order valence-corrected chi connectivity index (χ4v) is 1.54. The van der Waals surface area contributed by atoms with Crippen LogP contribution >= 0.6 is 0 Å². The van der Waals surface area contributed by atoms with E-state index in [0.717, 1.165) is 30.1 Å². The van der Waals surface area contributed by atoms with Gasteiger partial charge in [0.05, 0.1) is 0 Å². The van der Waals surface area contributed by atoms with Gasteiger partial charge in [-0.15, -0.1) is 0 Å². The van der Waals surface area contributed by atoms with Crippen molar-refractivity contribution in [3.63, 3.8) is 0 Å². The number of nitrogens with one attached hydrogen (secondary N) is 1. The molecule has 5 heteroatoms. The molecule has 96 valence electrons. The van der Waals surface area contributed by atoms with Crippen LogP contribution in [-0.4, -0.2) is 17.2 Å². The first-order chi connectivity index (χ1) is 8.81. The third-order valence-corrected chi connectivity index (χ3v) is 2.49. The van der Waals surface area contributed by atoms with Gasteiger partial charge in [0.2, 0.25) is 0 Å². The van der Waals surface area contributed by atoms with Crippen molar-refractivity contribution in [3.8, 4) is 5.75 Å². The molecule has 0 spiro atoms. The summed E-state index contributed by atoms with van der Waals surface area (Å²) >= 11 is 0. The highest BCUT2D eigenvalue weighted by molar-refractivity contribution is 5.45. The minimum atomic E-state index is 0.301. The van der Waals surface area contributed by atoms with E-state index in [9.17, 15) is 0 Å². The van der Waals surface area contributed by atoms with Crippen LogP contribution in [0.2, 0.25) is 0 Å². The molecule has 0 radical (unpaired) electrons. The third kappa shape index (κ3) is 3.23. The quantitative estimate of drug-likeness (QED) is 0.850. The Balaban J connectivity index is 1.89. The number of aromatic nitrogens is 2. The van der Waals surface area contributed by atoms with Crippen LogP contribution in [0.3, 0.4) is 0 Å². The smallest absolute Gasteiger partial charge is 0.264 e. The van der Waals surface area contributed by atoms with Gasteiger partial charge in [-0.2, -0.15) is 4.98 Å². The lowest BCUT2D eigenvalue weighted by Gasteiger charge is -2.04. The van der Waals surface area contributed by atoms with Gasteiger partial charge in [-0.1, -0.05) is 12.1 Å². The van der Waals surface area contributed by atoms with E-state index in [1.165, 1.54) is 0 Å². The average molecular weight is 247 g/mol. The van der Waals surface area contributed by atoms with E-state index >= 15 is 0 Å². The predicted octanol–water partition coefficient (Wildman–Crippen LogP) is 2.64. The lowest BCUT2D eigenvalue weighted by atomic mass is 10.3. The summed E-state index contributed by atoms with van der Waals surface area (Å²) in [7, 11) is 1.88. The highest BCUT2D eigenvalue weighted by Crippen LogP contribution is 2.16. The zero-order valence-corrected chi connectivity index (χ0v) is 10.6. The van der Waals surface area contributed by atoms with Gasteiger partial charge in [0.15, 0.2) is 12.4 Å². The maximum Gasteiger partial charge on any atom is 0.264 e. The van der Waals surface area contributed by atoms with Gasteiger partial charge >= 0.3 is 0 Å². The van der Waals surface area contributed by atoms with Crippen LogP contribution in [0.25, 0.3) is 0 Å². The zero-order valence-electron chi connectivity index (χ0n) is 10.6. The van der Waals surface area contributed by atoms with E-state index in [2.05, 4.69) is 22.4 Å². The predicted molar refractivity (Wildman–Crippen MR) is 68.6 cm³/mol. The Labute approximate surface area is 106 Å². The van der Waals surface area contributed by atoms with Crippen molar-refractivity contribution in [1.82, 2.24) is 10.1 Å². The first-order valence-electron chi connectivity index (χ1n) is 6.04. The van der Waals surface area contributed by atoms with E-state index in [1.807, 2.05) is 31.3 Å². The molecule has 0 bridgehead atoms. The molecule has 0 saturated carbocycles. The van der Waals surface area contributed by atoms with Gasteiger partial charge in [0.25, 0.3) is 5.89 Å². The summed E-state index contributed by atoms with van der Waals surface area (Å²) in [5, 5.41) is 6.92. The molecule has 1 aromatic carbocycles. The molecule has 2 rings (SSSR count). The number of hydrogen-bond donors (Lipinski definition) is 1. The molecule has 0 saturated heterocycles. The summed E-state index contributed by atoms with van der Waals surface area (Å²) in [5.41, 5.74) is 1.05. The summed E-state index contributed by atoms with van der Waals surface area (Å²) in [6.07, 6.45) is 1.84. The van der Waals surface area contributed by atoms with Crippen molar-refractivity contribution < 1.29 is 9.26 Å². The molecule has 1 N–H and O–H groups in total. The summed E-state index contributed by atoms with van der Waals surface area (Å²) in [5.74, 6) is 2.03. The standard InChI is InChI=1S/C13H17N3O2/c1-3-4-12-15-13(18-16-12)9-17-11-7-5-10(14-2)6-8-11/h5-8,14H,3-4,9H2,1-2H3. The molecular weight excluding hydrogens is 230 g/mol. The molecule has 0 atom stereocenters. The third-order valence-electron chi connectivity index (χ3n) is 2.49. The fraction of sp³-hybridized carbons (Fsp3) is 0.385. The van der Waals surface area contributed by atoms with Crippen molar-refractivity contribution in [2.45, 2.75) is 26.4 Å². The Bertz CT molecular complexity index is 479. The highest BCUT2D eigenvalue weighted by Gasteiger charge is 2.06. The Kier molecular flexibility index (Phi) is 4.17. The van der Waals surface area contributed by atoms with Crippen LogP contribution in [0.5, 0.6) is 5.75 Å². The van der Waals surface area contributed by atoms with Crippen molar-refractivity contribution >= 4 is 5.69 Å². The average Bonchev–Trinajstić information content (AvgIpc) is 2.85. The summed E-state index contributed by atoms with van der Waals surface area (Å²) in [4.78, 5) is 4.23. The van der Waals surface area contributed by atoms with E-state index in [-0.39, 0.29) is 0 Å². The van der Waals surface area contributed by atoms with E-state index in [4.69, 9.17) is 9.26 Å². The maximum absolute atomic E-state index is 5.56. The Morgan fingerprint density at radius 2 is 2.06 bits per heavy atom. The molecule has 0 fully saturated rings. The number of benzene rings is 1. The lowest BCUT2D eigenvalue weighted by molar-refractivity contribution is 0.242. The Morgan fingerprint density at radius 1 is 1.28 bits per heavy atom. The maximum atomic E-state index is 5.56. The van der Waals surface area contributed by atoms with E-state index in [0.29, 0.717) is 12.5 Å². The molecule has 2 aromatic rings. The zero-order chi connectivity index (χ0) is 12.8. The molecule has 0 aliphatic rings. The molecule has 0 unspecified atom stereocenters. The van der Waals surface area contributed by atoms with Gasteiger partial charge in [-0.25, -0.2) is 0 Å². The molecule has 1 aromatic heterocycles. The molecular formula is C13H17N3O2. The number of rotatable bonds is 6. The molecule has 0 amide bonds. The van der Waals surface area contributed by atoms with E-state index in [1.54, 1.807) is 0 Å². The van der Waals surface area contributed by atoms with Gasteiger partial charge in [-0.05, 0) is 30.7 Å². The number of aryl methyl sites for hydroxylation is 1. The van der Waals surface area contributed by atoms with Crippen LogP contribution in [0.4, 0.5) is 5.69 Å². The second kappa shape index (κ2) is 6.05. The number of ether oxygens (including phenoxy) is 1. The number of hydrogen-bond acceptors (Lipinski definition) is 5. The first kappa shape index (κ1) is 12.4. The van der Waals surface area contributed by atoms with Gasteiger partial charge in [0.1, 0.15) is 5.75 Å². The Morgan fingerprint density at radius 3 is 2.72 bits per heavy atom. The summed E-state index contributed by atoms with van der Waals surface area (Å²) < 4.78 is 10.6. The molecule has 1 heterocycles. The topological polar surface area (TPSA) is 60.2 Å². The first-order valence-corrected chi connectivity index (χ1v) is 6.04. The lowest BCUT2D eigenvalue weighted by Crippen LogP contribution is -1.96. The second-order valence-electron chi connectivity index (χ2n) is 3.92. The summed E-state index contributed by atoms with van der Waals surface area (Å²) in [6, 6.07) is 7.70. The SMILES string of the molecule is CCCc1noc(COc2ccc(NC)cc2)n1. The van der Waals surface area contributed by atoms with Crippen molar-refractivity contribution in [3.05, 3.63) is 36.0 Å². The van der Waals surface area contributed by atoms with Crippen LogP contribution in [0.1, 0.15) is 25.1 Å². The molecule has 0 aliphatic heterocycles.